The molecule has 13 heteroatoms. The van der Waals surface area contributed by atoms with Crippen LogP contribution in [0.2, 0.25) is 5.02 Å². The maximum Gasteiger partial charge on any atom is 0.401 e. The first-order valence-corrected chi connectivity index (χ1v) is 11.6. The molecule has 0 aromatic heterocycles. The van der Waals surface area contributed by atoms with Crippen LogP contribution in [0.5, 0.6) is 0 Å². The minimum absolute atomic E-state index is 0.234. The number of rotatable bonds is 2. The molecule has 33 heavy (non-hydrogen) atoms. The van der Waals surface area contributed by atoms with Crippen LogP contribution < -0.4 is 0 Å². The molecular formula is C20H14ClF6NO4S. The molecule has 178 valence electrons. The molecule has 6 atom stereocenters. The summed E-state index contributed by atoms with van der Waals surface area (Å²) in [5.41, 5.74) is -12.2. The molecule has 0 amide bonds. The maximum absolute atomic E-state index is 15.0. The van der Waals surface area contributed by atoms with Crippen molar-refractivity contribution in [2.24, 2.45) is 10.8 Å². The second kappa shape index (κ2) is 5.78. The Morgan fingerprint density at radius 3 is 1.79 bits per heavy atom. The fraction of sp³-hybridized carbons (Fsp3) is 0.500. The highest BCUT2D eigenvalue weighted by Crippen LogP contribution is 2.84. The molecule has 5 aliphatic rings. The first kappa shape index (κ1) is 21.9. The van der Waals surface area contributed by atoms with Crippen molar-refractivity contribution >= 4 is 21.6 Å². The van der Waals surface area contributed by atoms with Crippen molar-refractivity contribution in [1.82, 2.24) is 4.31 Å². The molecule has 5 aliphatic heterocycles. The third-order valence-corrected chi connectivity index (χ3v) is 9.77. The van der Waals surface area contributed by atoms with Crippen LogP contribution in [-0.2, 0) is 19.5 Å². The molecule has 5 heterocycles. The van der Waals surface area contributed by atoms with Crippen LogP contribution >= 0.6 is 11.6 Å². The number of piperidine rings is 1. The van der Waals surface area contributed by atoms with E-state index in [1.54, 1.807) is 0 Å². The van der Waals surface area contributed by atoms with Crippen molar-refractivity contribution in [2.45, 2.75) is 40.7 Å². The van der Waals surface area contributed by atoms with Gasteiger partial charge < -0.3 is 9.47 Å². The van der Waals surface area contributed by atoms with Gasteiger partial charge >= 0.3 is 12.4 Å². The zero-order chi connectivity index (χ0) is 23.9. The third kappa shape index (κ3) is 2.05. The molecule has 1 aromatic rings. The van der Waals surface area contributed by atoms with Crippen LogP contribution in [0.15, 0.2) is 53.5 Å². The molecule has 0 N–H and O–H groups in total. The zero-order valence-corrected chi connectivity index (χ0v) is 17.9. The summed E-state index contributed by atoms with van der Waals surface area (Å²) in [5.74, 6) is 0. The van der Waals surface area contributed by atoms with Gasteiger partial charge in [-0.25, -0.2) is 8.42 Å². The van der Waals surface area contributed by atoms with Crippen LogP contribution in [-0.4, -0.2) is 61.6 Å². The maximum atomic E-state index is 15.0. The van der Waals surface area contributed by atoms with Crippen molar-refractivity contribution < 1.29 is 44.2 Å². The summed E-state index contributed by atoms with van der Waals surface area (Å²) in [6, 6.07) is 4.92. The van der Waals surface area contributed by atoms with Crippen molar-refractivity contribution in [3.63, 3.8) is 0 Å². The number of ether oxygens (including phenoxy) is 2. The standard InChI is InChI=1S/C20H14ClF6NO4S/c21-11-1-3-12(4-2-11)33(29,30)28-9-15-7-5-13(31-15)17(19(22,23)24)14-6-8-16(10-28,32-14)18(15,17)20(25,26)27/h1-8,13-14H,9-10H2/t13-,14+,15-,16+,17?,18?. The van der Waals surface area contributed by atoms with Gasteiger partial charge in [0.25, 0.3) is 0 Å². The Labute approximate surface area is 188 Å². The molecule has 2 unspecified atom stereocenters. The Bertz CT molecular complexity index is 1190. The second-order valence-electron chi connectivity index (χ2n) is 8.92. The summed E-state index contributed by atoms with van der Waals surface area (Å²) in [7, 11) is -4.43. The molecule has 4 bridgehead atoms. The topological polar surface area (TPSA) is 55.8 Å². The number of nitrogens with zero attached hydrogens (tertiary/aromatic N) is 1. The van der Waals surface area contributed by atoms with Crippen molar-refractivity contribution in [1.29, 1.82) is 0 Å². The van der Waals surface area contributed by atoms with Crippen molar-refractivity contribution in [3.8, 4) is 0 Å². The Hall–Kier alpha value is -1.60. The molecule has 5 nitrogen and oxygen atoms in total. The Morgan fingerprint density at radius 2 is 1.36 bits per heavy atom. The smallest absolute Gasteiger partial charge is 0.360 e. The molecule has 0 saturated carbocycles. The third-order valence-electron chi connectivity index (χ3n) is 7.71. The average molecular weight is 514 g/mol. The molecule has 1 aromatic carbocycles. The van der Waals surface area contributed by atoms with Crippen molar-refractivity contribution in [3.05, 3.63) is 53.6 Å². The fourth-order valence-corrected chi connectivity index (χ4v) is 8.46. The van der Waals surface area contributed by atoms with E-state index in [9.17, 15) is 34.8 Å². The van der Waals surface area contributed by atoms with E-state index in [2.05, 4.69) is 0 Å². The minimum Gasteiger partial charge on any atom is -0.360 e. The predicted octanol–water partition coefficient (Wildman–Crippen LogP) is 3.86. The van der Waals surface area contributed by atoms with Gasteiger partial charge in [-0.3, -0.25) is 0 Å². The number of hydrogen-bond donors (Lipinski definition) is 0. The fourth-order valence-electron chi connectivity index (χ4n) is 6.83. The lowest BCUT2D eigenvalue weighted by atomic mass is 9.43. The lowest BCUT2D eigenvalue weighted by Crippen LogP contribution is -2.80. The lowest BCUT2D eigenvalue weighted by Gasteiger charge is -2.60. The van der Waals surface area contributed by atoms with E-state index >= 15 is 0 Å². The van der Waals surface area contributed by atoms with Gasteiger partial charge in [-0.05, 0) is 24.3 Å². The second-order valence-corrected chi connectivity index (χ2v) is 11.3. The van der Waals surface area contributed by atoms with Crippen LogP contribution in [0.1, 0.15) is 0 Å². The number of benzene rings is 1. The van der Waals surface area contributed by atoms with E-state index in [1.165, 1.54) is 24.3 Å². The highest BCUT2D eigenvalue weighted by Gasteiger charge is 3.01. The van der Waals surface area contributed by atoms with Gasteiger partial charge in [0.15, 0.2) is 5.41 Å². The number of sulfonamides is 1. The van der Waals surface area contributed by atoms with Gasteiger partial charge in [0.05, 0.1) is 17.1 Å². The predicted molar refractivity (Wildman–Crippen MR) is 101 cm³/mol. The summed E-state index contributed by atoms with van der Waals surface area (Å²) in [6.07, 6.45) is -11.0. The van der Waals surface area contributed by atoms with E-state index < -0.39 is 69.7 Å². The number of fused-ring (bicyclic) bond motifs is 4. The van der Waals surface area contributed by atoms with E-state index in [-0.39, 0.29) is 9.92 Å². The van der Waals surface area contributed by atoms with Gasteiger partial charge in [0.1, 0.15) is 16.6 Å². The van der Waals surface area contributed by atoms with E-state index in [0.717, 1.165) is 24.3 Å². The summed E-state index contributed by atoms with van der Waals surface area (Å²) >= 11 is 5.80. The van der Waals surface area contributed by atoms with Crippen LogP contribution in [0.4, 0.5) is 26.3 Å². The van der Waals surface area contributed by atoms with Crippen LogP contribution in [0.25, 0.3) is 0 Å². The zero-order valence-electron chi connectivity index (χ0n) is 16.3. The Kier molecular flexibility index (Phi) is 3.84. The number of halogens is 7. The number of hydrogen-bond acceptors (Lipinski definition) is 4. The molecule has 0 aliphatic carbocycles. The first-order valence-electron chi connectivity index (χ1n) is 9.82. The number of alkyl halides is 6. The monoisotopic (exact) mass is 513 g/mol. The molecule has 3 saturated heterocycles. The lowest BCUT2D eigenvalue weighted by molar-refractivity contribution is -0.354. The Balaban J connectivity index is 1.60. The highest BCUT2D eigenvalue weighted by atomic mass is 35.5. The largest absolute Gasteiger partial charge is 0.401 e. The highest BCUT2D eigenvalue weighted by molar-refractivity contribution is 7.89. The van der Waals surface area contributed by atoms with Gasteiger partial charge in [-0.15, -0.1) is 0 Å². The van der Waals surface area contributed by atoms with Gasteiger partial charge in [0, 0.05) is 18.1 Å². The van der Waals surface area contributed by atoms with Crippen LogP contribution in [0, 0.1) is 10.8 Å². The molecule has 2 spiro atoms. The Morgan fingerprint density at radius 1 is 0.879 bits per heavy atom. The SMILES string of the molecule is O=S(=O)(c1ccc(Cl)cc1)N1C[C@@]23C=C[C@@H](O2)C2(C(F)(F)F)[C@@H]4C=C[C@@](C1)(O4)C23C(F)(F)F. The van der Waals surface area contributed by atoms with E-state index in [4.69, 9.17) is 21.1 Å². The summed E-state index contributed by atoms with van der Waals surface area (Å²) in [5, 5.41) is 0.234. The van der Waals surface area contributed by atoms with E-state index in [0.29, 0.717) is 4.31 Å². The minimum atomic E-state index is -5.43. The van der Waals surface area contributed by atoms with Gasteiger partial charge in [-0.2, -0.15) is 30.6 Å². The average Bonchev–Trinajstić information content (AvgIpc) is 3.42. The molecule has 0 radical (unpaired) electrons. The van der Waals surface area contributed by atoms with Gasteiger partial charge in [-0.1, -0.05) is 35.9 Å². The molecular weight excluding hydrogens is 500 g/mol. The summed E-state index contributed by atoms with van der Waals surface area (Å²) in [6.45, 7) is -1.90. The first-order chi connectivity index (χ1) is 15.2. The summed E-state index contributed by atoms with van der Waals surface area (Å²) < 4.78 is 127. The van der Waals surface area contributed by atoms with Crippen molar-refractivity contribution in [2.75, 3.05) is 13.1 Å². The molecule has 3 fully saturated rings. The van der Waals surface area contributed by atoms with Crippen LogP contribution in [0.3, 0.4) is 0 Å². The summed E-state index contributed by atoms with van der Waals surface area (Å²) in [4.78, 5) is -0.269. The van der Waals surface area contributed by atoms with Gasteiger partial charge in [0.2, 0.25) is 10.0 Å². The quantitative estimate of drug-likeness (QED) is 0.445. The molecule has 6 rings (SSSR count). The normalized spacial score (nSPS) is 43.5. The van der Waals surface area contributed by atoms with E-state index in [1.807, 2.05) is 0 Å².